The fourth-order valence-corrected chi connectivity index (χ4v) is 2.83. The highest BCUT2D eigenvalue weighted by molar-refractivity contribution is 9.10. The van der Waals surface area contributed by atoms with Crippen LogP contribution in [0.2, 0.25) is 0 Å². The van der Waals surface area contributed by atoms with Crippen LogP contribution in [-0.2, 0) is 11.3 Å². The van der Waals surface area contributed by atoms with Gasteiger partial charge >= 0.3 is 0 Å². The van der Waals surface area contributed by atoms with Crippen LogP contribution in [0, 0.1) is 10.1 Å². The molecule has 104 valence electrons. The molecule has 0 bridgehead atoms. The lowest BCUT2D eigenvalue weighted by Crippen LogP contribution is -2.29. The summed E-state index contributed by atoms with van der Waals surface area (Å²) in [4.78, 5) is 12.8. The topological polar surface area (TPSA) is 55.6 Å². The smallest absolute Gasteiger partial charge is 0.283 e. The second-order valence-electron chi connectivity index (χ2n) is 4.78. The van der Waals surface area contributed by atoms with E-state index in [4.69, 9.17) is 4.74 Å². The number of ether oxygens (including phenoxy) is 1. The molecule has 0 aromatic heterocycles. The number of rotatable bonds is 3. The minimum Gasteiger partial charge on any atom is -0.377 e. The highest BCUT2D eigenvalue weighted by Gasteiger charge is 2.19. The van der Waals surface area contributed by atoms with Crippen molar-refractivity contribution in [3.05, 3.63) is 38.3 Å². The van der Waals surface area contributed by atoms with E-state index in [1.807, 2.05) is 6.07 Å². The lowest BCUT2D eigenvalue weighted by atomic mass is 10.2. The quantitative estimate of drug-likeness (QED) is 0.632. The lowest BCUT2D eigenvalue weighted by molar-refractivity contribution is -0.385. The molecular weight excluding hydrogens is 312 g/mol. The number of hydrogen-bond acceptors (Lipinski definition) is 4. The van der Waals surface area contributed by atoms with E-state index in [2.05, 4.69) is 27.8 Å². The van der Waals surface area contributed by atoms with Gasteiger partial charge in [0.05, 0.1) is 15.5 Å². The number of nitrogens with zero attached hydrogens (tertiary/aromatic N) is 2. The molecule has 1 aliphatic rings. The average molecular weight is 329 g/mol. The van der Waals surface area contributed by atoms with E-state index in [1.165, 1.54) is 6.07 Å². The average Bonchev–Trinajstić information content (AvgIpc) is 2.56. The van der Waals surface area contributed by atoms with Crippen LogP contribution in [0.15, 0.2) is 22.7 Å². The third-order valence-corrected chi connectivity index (χ3v) is 4.10. The van der Waals surface area contributed by atoms with Crippen molar-refractivity contribution in [3.8, 4) is 0 Å². The summed E-state index contributed by atoms with van der Waals surface area (Å²) in [6, 6.07) is 5.17. The summed E-state index contributed by atoms with van der Waals surface area (Å²) >= 11 is 3.34. The van der Waals surface area contributed by atoms with Crippen molar-refractivity contribution in [1.82, 2.24) is 4.90 Å². The first-order valence-corrected chi connectivity index (χ1v) is 7.13. The minimum atomic E-state index is -0.359. The molecule has 1 aromatic rings. The molecule has 0 radical (unpaired) electrons. The van der Waals surface area contributed by atoms with Crippen LogP contribution in [-0.4, -0.2) is 35.6 Å². The van der Waals surface area contributed by atoms with Gasteiger partial charge in [0.1, 0.15) is 0 Å². The van der Waals surface area contributed by atoms with Crippen LogP contribution in [0.3, 0.4) is 0 Å². The van der Waals surface area contributed by atoms with Crippen LogP contribution in [0.4, 0.5) is 5.69 Å². The van der Waals surface area contributed by atoms with Gasteiger partial charge in [-0.15, -0.1) is 0 Å². The van der Waals surface area contributed by atoms with Crippen molar-refractivity contribution in [2.45, 2.75) is 26.0 Å². The summed E-state index contributed by atoms with van der Waals surface area (Å²) in [6.45, 7) is 5.36. The van der Waals surface area contributed by atoms with E-state index in [-0.39, 0.29) is 16.7 Å². The zero-order valence-electron chi connectivity index (χ0n) is 10.8. The van der Waals surface area contributed by atoms with Gasteiger partial charge in [0, 0.05) is 32.3 Å². The predicted octanol–water partition coefficient (Wildman–Crippen LogP) is 2.97. The van der Waals surface area contributed by atoms with E-state index in [0.29, 0.717) is 11.0 Å². The van der Waals surface area contributed by atoms with Crippen LogP contribution < -0.4 is 0 Å². The van der Waals surface area contributed by atoms with Crippen molar-refractivity contribution >= 4 is 21.6 Å². The molecule has 0 saturated carbocycles. The Balaban J connectivity index is 2.14. The van der Waals surface area contributed by atoms with Gasteiger partial charge in [0.25, 0.3) is 5.69 Å². The van der Waals surface area contributed by atoms with E-state index in [0.717, 1.165) is 31.7 Å². The monoisotopic (exact) mass is 328 g/mol. The first kappa shape index (κ1) is 14.4. The molecular formula is C13H17BrN2O3. The molecule has 1 heterocycles. The van der Waals surface area contributed by atoms with E-state index >= 15 is 0 Å². The molecule has 2 rings (SSSR count). The zero-order chi connectivity index (χ0) is 13.8. The zero-order valence-corrected chi connectivity index (χ0v) is 12.4. The summed E-state index contributed by atoms with van der Waals surface area (Å²) < 4.78 is 6.18. The maximum atomic E-state index is 10.9. The van der Waals surface area contributed by atoms with Gasteiger partial charge in [-0.05, 0) is 34.8 Å². The Labute approximate surface area is 120 Å². The van der Waals surface area contributed by atoms with E-state index < -0.39 is 0 Å². The van der Waals surface area contributed by atoms with Crippen molar-refractivity contribution < 1.29 is 9.66 Å². The second-order valence-corrected chi connectivity index (χ2v) is 5.57. The summed E-state index contributed by atoms with van der Waals surface area (Å²) in [5, 5.41) is 10.9. The van der Waals surface area contributed by atoms with Crippen LogP contribution >= 0.6 is 15.9 Å². The first-order chi connectivity index (χ1) is 9.08. The Morgan fingerprint density at radius 2 is 2.37 bits per heavy atom. The number of benzene rings is 1. The molecule has 1 saturated heterocycles. The van der Waals surface area contributed by atoms with Crippen molar-refractivity contribution in [2.24, 2.45) is 0 Å². The molecule has 0 spiro atoms. The molecule has 19 heavy (non-hydrogen) atoms. The van der Waals surface area contributed by atoms with Crippen LogP contribution in [0.25, 0.3) is 0 Å². The predicted molar refractivity (Wildman–Crippen MR) is 76.1 cm³/mol. The summed E-state index contributed by atoms with van der Waals surface area (Å²) in [7, 11) is 0. The standard InChI is InChI=1S/C13H17BrN2O3/c1-10-8-15(6-3-7-19-10)9-11-4-2-5-12(13(11)14)16(17)18/h2,4-5,10H,3,6-9H2,1H3. The molecule has 5 nitrogen and oxygen atoms in total. The van der Waals surface area contributed by atoms with Crippen molar-refractivity contribution in [3.63, 3.8) is 0 Å². The molecule has 1 unspecified atom stereocenters. The molecule has 1 aromatic carbocycles. The van der Waals surface area contributed by atoms with Gasteiger partial charge in [0.2, 0.25) is 0 Å². The highest BCUT2D eigenvalue weighted by Crippen LogP contribution is 2.29. The largest absolute Gasteiger partial charge is 0.377 e. The fraction of sp³-hybridized carbons (Fsp3) is 0.538. The fourth-order valence-electron chi connectivity index (χ4n) is 2.29. The lowest BCUT2D eigenvalue weighted by Gasteiger charge is -2.22. The first-order valence-electron chi connectivity index (χ1n) is 6.33. The molecule has 6 heteroatoms. The summed E-state index contributed by atoms with van der Waals surface area (Å²) in [5.41, 5.74) is 1.07. The van der Waals surface area contributed by atoms with Crippen LogP contribution in [0.1, 0.15) is 18.9 Å². The second kappa shape index (κ2) is 6.45. The molecule has 0 aliphatic carbocycles. The molecule has 1 fully saturated rings. The minimum absolute atomic E-state index is 0.122. The number of nitro benzene ring substituents is 1. The molecule has 1 aliphatic heterocycles. The maximum Gasteiger partial charge on any atom is 0.283 e. The highest BCUT2D eigenvalue weighted by atomic mass is 79.9. The van der Waals surface area contributed by atoms with Gasteiger partial charge in [0.15, 0.2) is 0 Å². The van der Waals surface area contributed by atoms with Crippen LogP contribution in [0.5, 0.6) is 0 Å². The van der Waals surface area contributed by atoms with Crippen molar-refractivity contribution in [2.75, 3.05) is 19.7 Å². The van der Waals surface area contributed by atoms with Gasteiger partial charge in [-0.1, -0.05) is 12.1 Å². The molecule has 0 N–H and O–H groups in total. The summed E-state index contributed by atoms with van der Waals surface area (Å²) in [5.74, 6) is 0. The Morgan fingerprint density at radius 1 is 1.58 bits per heavy atom. The third kappa shape index (κ3) is 3.75. The Kier molecular flexibility index (Phi) is 4.90. The molecule has 1 atom stereocenters. The number of halogens is 1. The number of nitro groups is 1. The van der Waals surface area contributed by atoms with Gasteiger partial charge < -0.3 is 4.74 Å². The maximum absolute atomic E-state index is 10.9. The van der Waals surface area contributed by atoms with E-state index in [9.17, 15) is 10.1 Å². The molecule has 0 amide bonds. The van der Waals surface area contributed by atoms with Gasteiger partial charge in [-0.3, -0.25) is 15.0 Å². The normalized spacial score (nSPS) is 21.1. The Bertz CT molecular complexity index is 467. The van der Waals surface area contributed by atoms with Gasteiger partial charge in [-0.25, -0.2) is 0 Å². The third-order valence-electron chi connectivity index (χ3n) is 3.19. The summed E-state index contributed by atoms with van der Waals surface area (Å²) in [6.07, 6.45) is 1.21. The van der Waals surface area contributed by atoms with Gasteiger partial charge in [-0.2, -0.15) is 0 Å². The Morgan fingerprint density at radius 3 is 3.11 bits per heavy atom. The SMILES string of the molecule is CC1CN(Cc2cccc([N+](=O)[O-])c2Br)CCCO1. The Hall–Kier alpha value is -0.980. The van der Waals surface area contributed by atoms with E-state index in [1.54, 1.807) is 6.07 Å². The number of hydrogen-bond donors (Lipinski definition) is 0. The van der Waals surface area contributed by atoms with Crippen molar-refractivity contribution in [1.29, 1.82) is 0 Å².